The molecule has 3 rings (SSSR count). The number of halogens is 1. The molecular weight excluding hydrogens is 380 g/mol. The van der Waals surface area contributed by atoms with Gasteiger partial charge in [-0.15, -0.1) is 10.2 Å². The molecule has 7 heteroatoms. The van der Waals surface area contributed by atoms with Crippen LogP contribution in [-0.4, -0.2) is 26.4 Å². The van der Waals surface area contributed by atoms with Crippen LogP contribution in [0.25, 0.3) is 5.69 Å². The molecule has 0 atom stereocenters. The van der Waals surface area contributed by atoms with Crippen molar-refractivity contribution in [1.82, 2.24) is 14.8 Å². The first-order valence-electron chi connectivity index (χ1n) is 8.63. The molecule has 0 aliphatic rings. The van der Waals surface area contributed by atoms with E-state index in [1.54, 1.807) is 18.5 Å². The van der Waals surface area contributed by atoms with Crippen molar-refractivity contribution in [2.24, 2.45) is 0 Å². The Morgan fingerprint density at radius 2 is 1.96 bits per heavy atom. The van der Waals surface area contributed by atoms with E-state index in [1.807, 2.05) is 29.7 Å². The zero-order valence-electron chi connectivity index (χ0n) is 15.4. The minimum Gasteiger partial charge on any atom is -0.325 e. The van der Waals surface area contributed by atoms with Crippen LogP contribution in [0, 0.1) is 6.92 Å². The van der Waals surface area contributed by atoms with E-state index in [2.05, 4.69) is 41.5 Å². The van der Waals surface area contributed by atoms with Gasteiger partial charge in [-0.3, -0.25) is 9.36 Å². The summed E-state index contributed by atoms with van der Waals surface area (Å²) in [5, 5.41) is 12.4. The summed E-state index contributed by atoms with van der Waals surface area (Å²) in [7, 11) is 0. The fourth-order valence-corrected chi connectivity index (χ4v) is 3.56. The monoisotopic (exact) mass is 400 g/mol. The average Bonchev–Trinajstić information content (AvgIpc) is 3.11. The number of anilines is 1. The summed E-state index contributed by atoms with van der Waals surface area (Å²) in [6.45, 7) is 6.23. The molecule has 0 radical (unpaired) electrons. The first-order valence-corrected chi connectivity index (χ1v) is 9.99. The smallest absolute Gasteiger partial charge is 0.234 e. The fourth-order valence-electron chi connectivity index (χ4n) is 2.60. The third kappa shape index (κ3) is 4.90. The van der Waals surface area contributed by atoms with Gasteiger partial charge in [-0.2, -0.15) is 0 Å². The first-order chi connectivity index (χ1) is 12.9. The molecule has 1 aromatic heterocycles. The van der Waals surface area contributed by atoms with Crippen LogP contribution in [0.15, 0.2) is 53.9 Å². The summed E-state index contributed by atoms with van der Waals surface area (Å²) in [6.07, 6.45) is 1.66. The lowest BCUT2D eigenvalue weighted by Gasteiger charge is -2.10. The van der Waals surface area contributed by atoms with Gasteiger partial charge in [0, 0.05) is 16.4 Å². The molecule has 1 amide bonds. The van der Waals surface area contributed by atoms with Crippen molar-refractivity contribution in [3.63, 3.8) is 0 Å². The molecule has 0 spiro atoms. The summed E-state index contributed by atoms with van der Waals surface area (Å²) >= 11 is 7.30. The van der Waals surface area contributed by atoms with E-state index < -0.39 is 0 Å². The SMILES string of the molecule is Cc1cc(Cl)ccc1NC(=O)CSc1nncn1-c1ccc(C(C)C)cc1. The number of carbonyl (C=O) groups is 1. The third-order valence-electron chi connectivity index (χ3n) is 4.15. The molecule has 0 aliphatic heterocycles. The van der Waals surface area contributed by atoms with Crippen LogP contribution in [0.1, 0.15) is 30.9 Å². The molecule has 0 unspecified atom stereocenters. The van der Waals surface area contributed by atoms with E-state index in [0.717, 1.165) is 16.9 Å². The summed E-state index contributed by atoms with van der Waals surface area (Å²) in [5.41, 5.74) is 3.93. The summed E-state index contributed by atoms with van der Waals surface area (Å²) in [6, 6.07) is 13.7. The van der Waals surface area contributed by atoms with Crippen molar-refractivity contribution < 1.29 is 4.79 Å². The largest absolute Gasteiger partial charge is 0.325 e. The van der Waals surface area contributed by atoms with Gasteiger partial charge < -0.3 is 5.32 Å². The number of aromatic nitrogens is 3. The maximum Gasteiger partial charge on any atom is 0.234 e. The van der Waals surface area contributed by atoms with Crippen LogP contribution in [0.2, 0.25) is 5.02 Å². The average molecular weight is 401 g/mol. The zero-order chi connectivity index (χ0) is 19.4. The molecule has 0 saturated carbocycles. The second-order valence-electron chi connectivity index (χ2n) is 6.53. The van der Waals surface area contributed by atoms with Gasteiger partial charge in [0.2, 0.25) is 5.91 Å². The minimum atomic E-state index is -0.102. The van der Waals surface area contributed by atoms with E-state index in [9.17, 15) is 4.79 Å². The van der Waals surface area contributed by atoms with Crippen LogP contribution in [0.5, 0.6) is 0 Å². The molecule has 0 fully saturated rings. The summed E-state index contributed by atoms with van der Waals surface area (Å²) < 4.78 is 1.88. The van der Waals surface area contributed by atoms with Crippen molar-refractivity contribution in [2.45, 2.75) is 31.8 Å². The lowest BCUT2D eigenvalue weighted by atomic mass is 10.0. The number of rotatable bonds is 6. The molecule has 5 nitrogen and oxygen atoms in total. The summed E-state index contributed by atoms with van der Waals surface area (Å²) in [4.78, 5) is 12.3. The second kappa shape index (κ2) is 8.59. The quantitative estimate of drug-likeness (QED) is 0.586. The molecule has 27 heavy (non-hydrogen) atoms. The van der Waals surface area contributed by atoms with Gasteiger partial charge in [-0.25, -0.2) is 0 Å². The van der Waals surface area contributed by atoms with Gasteiger partial charge in [0.15, 0.2) is 5.16 Å². The van der Waals surface area contributed by atoms with Crippen molar-refractivity contribution in [3.05, 3.63) is 64.9 Å². The Hall–Kier alpha value is -2.31. The maximum absolute atomic E-state index is 12.3. The van der Waals surface area contributed by atoms with Gasteiger partial charge in [0.25, 0.3) is 0 Å². The van der Waals surface area contributed by atoms with Crippen LogP contribution in [-0.2, 0) is 4.79 Å². The highest BCUT2D eigenvalue weighted by Gasteiger charge is 2.11. The summed E-state index contributed by atoms with van der Waals surface area (Å²) in [5.74, 6) is 0.620. The minimum absolute atomic E-state index is 0.102. The maximum atomic E-state index is 12.3. The Balaban J connectivity index is 1.65. The number of benzene rings is 2. The topological polar surface area (TPSA) is 59.8 Å². The molecule has 3 aromatic rings. The number of nitrogens with one attached hydrogen (secondary N) is 1. The Labute approximate surface area is 168 Å². The molecule has 140 valence electrons. The predicted molar refractivity (Wildman–Crippen MR) is 111 cm³/mol. The van der Waals surface area contributed by atoms with Crippen LogP contribution >= 0.6 is 23.4 Å². The molecular formula is C20H21ClN4OS. The Morgan fingerprint density at radius 3 is 2.63 bits per heavy atom. The predicted octanol–water partition coefficient (Wildman–Crippen LogP) is 5.08. The number of carbonyl (C=O) groups excluding carboxylic acids is 1. The van der Waals surface area contributed by atoms with Crippen LogP contribution < -0.4 is 5.32 Å². The molecule has 0 aliphatic carbocycles. The van der Waals surface area contributed by atoms with Gasteiger partial charge in [0.1, 0.15) is 6.33 Å². The van der Waals surface area contributed by atoms with E-state index in [0.29, 0.717) is 16.1 Å². The highest BCUT2D eigenvalue weighted by Crippen LogP contribution is 2.23. The van der Waals surface area contributed by atoms with Crippen molar-refractivity contribution in [3.8, 4) is 5.69 Å². The third-order valence-corrected chi connectivity index (χ3v) is 5.33. The van der Waals surface area contributed by atoms with Crippen molar-refractivity contribution in [2.75, 3.05) is 11.1 Å². The van der Waals surface area contributed by atoms with Crippen LogP contribution in [0.3, 0.4) is 0 Å². The Bertz CT molecular complexity index is 937. The fraction of sp³-hybridized carbons (Fsp3) is 0.250. The Kier molecular flexibility index (Phi) is 6.19. The molecule has 2 aromatic carbocycles. The number of aryl methyl sites for hydroxylation is 1. The van der Waals surface area contributed by atoms with Gasteiger partial charge >= 0.3 is 0 Å². The van der Waals surface area contributed by atoms with Gasteiger partial charge in [0.05, 0.1) is 5.75 Å². The van der Waals surface area contributed by atoms with E-state index in [4.69, 9.17) is 11.6 Å². The first kappa shape index (κ1) is 19.5. The number of hydrogen-bond acceptors (Lipinski definition) is 4. The standard InChI is InChI=1S/C20H21ClN4OS/c1-13(2)15-4-7-17(8-5-15)25-12-22-24-20(25)27-11-19(26)23-18-9-6-16(21)10-14(18)3/h4-10,12-13H,11H2,1-3H3,(H,23,26). The molecule has 1 N–H and O–H groups in total. The van der Waals surface area contributed by atoms with E-state index in [1.165, 1.54) is 17.3 Å². The number of hydrogen-bond donors (Lipinski definition) is 1. The number of thioether (sulfide) groups is 1. The van der Waals surface area contributed by atoms with E-state index in [-0.39, 0.29) is 11.7 Å². The lowest BCUT2D eigenvalue weighted by molar-refractivity contribution is -0.113. The van der Waals surface area contributed by atoms with E-state index >= 15 is 0 Å². The normalized spacial score (nSPS) is 11.0. The second-order valence-corrected chi connectivity index (χ2v) is 7.90. The Morgan fingerprint density at radius 1 is 1.22 bits per heavy atom. The highest BCUT2D eigenvalue weighted by atomic mass is 35.5. The zero-order valence-corrected chi connectivity index (χ0v) is 17.0. The highest BCUT2D eigenvalue weighted by molar-refractivity contribution is 7.99. The number of nitrogens with zero attached hydrogens (tertiary/aromatic N) is 3. The number of amides is 1. The molecule has 0 bridgehead atoms. The lowest BCUT2D eigenvalue weighted by Crippen LogP contribution is -2.15. The van der Waals surface area contributed by atoms with Crippen molar-refractivity contribution in [1.29, 1.82) is 0 Å². The van der Waals surface area contributed by atoms with Crippen molar-refractivity contribution >= 4 is 35.0 Å². The molecule has 0 saturated heterocycles. The van der Waals surface area contributed by atoms with Gasteiger partial charge in [-0.1, -0.05) is 49.3 Å². The molecule has 1 heterocycles. The van der Waals surface area contributed by atoms with Gasteiger partial charge in [-0.05, 0) is 54.3 Å². The van der Waals surface area contributed by atoms with Crippen LogP contribution in [0.4, 0.5) is 5.69 Å².